The van der Waals surface area contributed by atoms with Crippen molar-refractivity contribution in [1.29, 1.82) is 0 Å². The van der Waals surface area contributed by atoms with E-state index >= 15 is 0 Å². The van der Waals surface area contributed by atoms with Crippen LogP contribution in [-0.4, -0.2) is 79.5 Å². The Morgan fingerprint density at radius 3 is 1.52 bits per heavy atom. The number of ether oxygens (including phenoxy) is 8. The molecule has 12 heteroatoms. The maximum Gasteiger partial charge on any atom is 0.338 e. The molecule has 2 aliphatic heterocycles. The Bertz CT molecular complexity index is 2040. The van der Waals surface area contributed by atoms with Crippen LogP contribution < -0.4 is 0 Å². The molecule has 0 saturated carbocycles. The first-order valence-corrected chi connectivity index (χ1v) is 19.9. The van der Waals surface area contributed by atoms with Crippen molar-refractivity contribution >= 4 is 29.7 Å². The Kier molecular flexibility index (Phi) is 14.3. The zero-order valence-electron chi connectivity index (χ0n) is 31.8. The molecule has 0 radical (unpaired) electrons. The van der Waals surface area contributed by atoms with E-state index in [1.807, 2.05) is 91.0 Å². The van der Waals surface area contributed by atoms with E-state index in [2.05, 4.69) is 0 Å². The normalized spacial score (nSPS) is 23.9. The van der Waals surface area contributed by atoms with Crippen molar-refractivity contribution in [2.45, 2.75) is 73.4 Å². The molecule has 300 valence electrons. The van der Waals surface area contributed by atoms with Gasteiger partial charge in [-0.2, -0.15) is 0 Å². The zero-order valence-corrected chi connectivity index (χ0v) is 32.6. The van der Waals surface area contributed by atoms with Crippen LogP contribution in [0.1, 0.15) is 38.8 Å². The van der Waals surface area contributed by atoms with E-state index in [9.17, 15) is 14.4 Å². The van der Waals surface area contributed by atoms with Gasteiger partial charge in [-0.25, -0.2) is 9.59 Å². The van der Waals surface area contributed by atoms with E-state index in [0.29, 0.717) is 6.61 Å². The minimum Gasteiger partial charge on any atom is -0.463 e. The van der Waals surface area contributed by atoms with Gasteiger partial charge >= 0.3 is 17.9 Å². The molecule has 0 bridgehead atoms. The number of carbonyl (C=O) groups is 3. The lowest BCUT2D eigenvalue weighted by atomic mass is 10.1. The summed E-state index contributed by atoms with van der Waals surface area (Å²) in [5.74, 6) is -1.94. The molecule has 2 heterocycles. The molecule has 2 aliphatic rings. The number of hydrogen-bond acceptors (Lipinski definition) is 12. The predicted molar refractivity (Wildman–Crippen MR) is 214 cm³/mol. The fourth-order valence-electron chi connectivity index (χ4n) is 6.61. The quantitative estimate of drug-likeness (QED) is 0.0686. The van der Waals surface area contributed by atoms with Crippen LogP contribution in [-0.2, 0) is 55.9 Å². The molecule has 0 N–H and O–H groups in total. The Morgan fingerprint density at radius 1 is 0.517 bits per heavy atom. The number of rotatable bonds is 17. The number of esters is 3. The van der Waals surface area contributed by atoms with Crippen molar-refractivity contribution in [2.75, 3.05) is 13.2 Å². The van der Waals surface area contributed by atoms with Crippen LogP contribution >= 0.6 is 11.8 Å². The Morgan fingerprint density at radius 2 is 0.983 bits per heavy atom. The van der Waals surface area contributed by atoms with Crippen LogP contribution in [0.5, 0.6) is 0 Å². The van der Waals surface area contributed by atoms with Crippen LogP contribution in [0.25, 0.3) is 0 Å². The van der Waals surface area contributed by atoms with Crippen LogP contribution in [0.4, 0.5) is 0 Å². The van der Waals surface area contributed by atoms with Crippen molar-refractivity contribution in [3.63, 3.8) is 0 Å². The number of thioether (sulfide) groups is 1. The molecule has 7 rings (SSSR count). The van der Waals surface area contributed by atoms with Gasteiger partial charge in [0.25, 0.3) is 0 Å². The second kappa shape index (κ2) is 20.4. The minimum absolute atomic E-state index is 0.0970. The Labute approximate surface area is 341 Å². The monoisotopic (exact) mass is 804 g/mol. The molecule has 8 atom stereocenters. The summed E-state index contributed by atoms with van der Waals surface area (Å²) in [6.45, 7) is 1.46. The van der Waals surface area contributed by atoms with Crippen molar-refractivity contribution < 1.29 is 52.3 Å². The second-order valence-corrected chi connectivity index (χ2v) is 14.8. The lowest BCUT2D eigenvalue weighted by Gasteiger charge is -2.27. The number of carbonyl (C=O) groups excluding carboxylic acids is 3. The van der Waals surface area contributed by atoms with Gasteiger partial charge in [0.05, 0.1) is 30.9 Å². The van der Waals surface area contributed by atoms with Gasteiger partial charge < -0.3 is 37.9 Å². The summed E-state index contributed by atoms with van der Waals surface area (Å²) in [5.41, 5.74) is 1.99. The van der Waals surface area contributed by atoms with Crippen LogP contribution in [0, 0.1) is 0 Å². The molecule has 0 spiro atoms. The summed E-state index contributed by atoms with van der Waals surface area (Å²) in [4.78, 5) is 40.0. The summed E-state index contributed by atoms with van der Waals surface area (Å²) >= 11 is 1.51. The maximum atomic E-state index is 13.6. The van der Waals surface area contributed by atoms with Gasteiger partial charge in [0.2, 0.25) is 0 Å². The minimum atomic E-state index is -1.27. The molecule has 0 aromatic heterocycles. The predicted octanol–water partition coefficient (Wildman–Crippen LogP) is 7.43. The first-order chi connectivity index (χ1) is 28.4. The average molecular weight is 805 g/mol. The van der Waals surface area contributed by atoms with E-state index in [-0.39, 0.29) is 30.9 Å². The van der Waals surface area contributed by atoms with Gasteiger partial charge in [0, 0.05) is 11.8 Å². The molecule has 58 heavy (non-hydrogen) atoms. The zero-order chi connectivity index (χ0) is 40.1. The summed E-state index contributed by atoms with van der Waals surface area (Å²) < 4.78 is 50.2. The van der Waals surface area contributed by atoms with Crippen LogP contribution in [0.2, 0.25) is 0 Å². The number of benzene rings is 5. The molecule has 2 fully saturated rings. The lowest BCUT2D eigenvalue weighted by molar-refractivity contribution is -0.193. The summed E-state index contributed by atoms with van der Waals surface area (Å²) in [6, 6.07) is 46.3. The second-order valence-electron chi connectivity index (χ2n) is 13.6. The fraction of sp³-hybridized carbons (Fsp3) is 0.283. The van der Waals surface area contributed by atoms with Gasteiger partial charge in [-0.15, -0.1) is 0 Å². The lowest BCUT2D eigenvalue weighted by Crippen LogP contribution is -2.43. The van der Waals surface area contributed by atoms with Crippen molar-refractivity contribution in [2.24, 2.45) is 0 Å². The molecule has 0 amide bonds. The average Bonchev–Trinajstić information content (AvgIpc) is 3.76. The van der Waals surface area contributed by atoms with Crippen molar-refractivity contribution in [1.82, 2.24) is 0 Å². The third kappa shape index (κ3) is 11.0. The van der Waals surface area contributed by atoms with Crippen LogP contribution in [0.3, 0.4) is 0 Å². The smallest absolute Gasteiger partial charge is 0.338 e. The third-order valence-electron chi connectivity index (χ3n) is 9.48. The SMILES string of the molecule is CC(=O)OC[C@@H]1O[C@@H](OC[C@@H]2O[C@@H](Sc3ccccc3)C(OCc3ccccc3)C2OCc2ccccc2)C(OC(=O)c2ccccc2)C1OC(=O)c1ccccc1. The molecular formula is C46H44O11S. The highest BCUT2D eigenvalue weighted by atomic mass is 32.2. The van der Waals surface area contributed by atoms with Crippen molar-refractivity contribution in [3.8, 4) is 0 Å². The molecule has 0 aliphatic carbocycles. The summed E-state index contributed by atoms with van der Waals surface area (Å²) in [5, 5.41) is 0. The largest absolute Gasteiger partial charge is 0.463 e. The van der Waals surface area contributed by atoms with Crippen molar-refractivity contribution in [3.05, 3.63) is 174 Å². The highest BCUT2D eigenvalue weighted by molar-refractivity contribution is 7.99. The molecular weight excluding hydrogens is 761 g/mol. The molecule has 5 aromatic rings. The van der Waals surface area contributed by atoms with Gasteiger partial charge in [-0.05, 0) is 47.5 Å². The van der Waals surface area contributed by atoms with E-state index in [0.717, 1.165) is 16.0 Å². The summed E-state index contributed by atoms with van der Waals surface area (Å²) in [7, 11) is 0. The molecule has 4 unspecified atom stereocenters. The number of hydrogen-bond donors (Lipinski definition) is 0. The molecule has 2 saturated heterocycles. The van der Waals surface area contributed by atoms with E-state index < -0.39 is 66.3 Å². The standard InChI is InChI=1S/C46H44O11S/c1-31(47)50-29-38-40(56-43(48)34-21-11-4-12-22-34)41(57-44(49)35-23-13-5-14-24-35)45(54-38)53-30-37-39(51-27-32-17-7-2-8-18-32)42(52-28-33-19-9-3-10-20-33)46(55-37)58-36-25-15-6-16-26-36/h2-26,37-42,45-46H,27-30H2,1H3/t37-,38-,39?,40?,41?,42?,45+,46-/m0/s1. The molecule has 5 aromatic carbocycles. The first kappa shape index (κ1) is 40.8. The maximum absolute atomic E-state index is 13.6. The first-order valence-electron chi connectivity index (χ1n) is 19.0. The molecule has 11 nitrogen and oxygen atoms in total. The topological polar surface area (TPSA) is 125 Å². The fourth-order valence-corrected chi connectivity index (χ4v) is 7.76. The van der Waals surface area contributed by atoms with E-state index in [1.54, 1.807) is 60.7 Å². The van der Waals surface area contributed by atoms with Gasteiger partial charge in [0.1, 0.15) is 36.5 Å². The van der Waals surface area contributed by atoms with Gasteiger partial charge in [-0.3, -0.25) is 4.79 Å². The summed E-state index contributed by atoms with van der Waals surface area (Å²) in [6.07, 6.45) is -6.68. The van der Waals surface area contributed by atoms with E-state index in [1.165, 1.54) is 18.7 Å². The van der Waals surface area contributed by atoms with E-state index in [4.69, 9.17) is 37.9 Å². The Hall–Kier alpha value is -5.34. The van der Waals surface area contributed by atoms with Crippen LogP contribution in [0.15, 0.2) is 157 Å². The Balaban J connectivity index is 1.17. The van der Waals surface area contributed by atoms with Gasteiger partial charge in [-0.1, -0.05) is 127 Å². The highest BCUT2D eigenvalue weighted by Crippen LogP contribution is 2.39. The third-order valence-corrected chi connectivity index (χ3v) is 10.6. The highest BCUT2D eigenvalue weighted by Gasteiger charge is 2.53. The van der Waals surface area contributed by atoms with Gasteiger partial charge in [0.15, 0.2) is 18.5 Å².